The van der Waals surface area contributed by atoms with Crippen LogP contribution in [0.25, 0.3) is 54.2 Å². The fourth-order valence-electron chi connectivity index (χ4n) is 5.80. The number of rotatable bonds is 2. The summed E-state index contributed by atoms with van der Waals surface area (Å²) in [4.78, 5) is 0. The zero-order valence-corrected chi connectivity index (χ0v) is 24.6. The first-order chi connectivity index (χ1) is 21.6. The molecule has 0 bridgehead atoms. The van der Waals surface area contributed by atoms with E-state index in [0.717, 1.165) is 0 Å². The second-order valence-corrected chi connectivity index (χ2v) is 10.8. The molecule has 0 saturated heterocycles. The Kier molecular flexibility index (Phi) is 8.79. The standard InChI is InChI=1S/C20H14.C15H12.C6H7BO2/c1-2-8-15(9-3-1)20-18-12-6-4-10-16(18)14-17-11-5-7-13-19(17)20;1-11-14-8-4-2-6-12(14)10-13-7-3-5-9-15(11)13;8-7(9)6-4-2-1-3-5-6/h1-14H;2-10H,1H3;1-5,8-9H. The Morgan fingerprint density at radius 3 is 1.14 bits per heavy atom. The van der Waals surface area contributed by atoms with E-state index in [4.69, 9.17) is 10.0 Å². The van der Waals surface area contributed by atoms with E-state index < -0.39 is 7.12 Å². The predicted molar refractivity (Wildman–Crippen MR) is 189 cm³/mol. The summed E-state index contributed by atoms with van der Waals surface area (Å²) in [5.74, 6) is 0. The lowest BCUT2D eigenvalue weighted by Crippen LogP contribution is -2.29. The third kappa shape index (κ3) is 6.25. The van der Waals surface area contributed by atoms with Crippen LogP contribution in [0.4, 0.5) is 0 Å². The van der Waals surface area contributed by atoms with Crippen molar-refractivity contribution in [2.24, 2.45) is 0 Å². The Labute approximate surface area is 258 Å². The topological polar surface area (TPSA) is 40.5 Å². The highest BCUT2D eigenvalue weighted by atomic mass is 16.4. The first kappa shape index (κ1) is 28.9. The molecule has 8 aromatic carbocycles. The largest absolute Gasteiger partial charge is 0.488 e. The Morgan fingerprint density at radius 1 is 0.386 bits per heavy atom. The molecule has 0 spiro atoms. The molecule has 8 aromatic rings. The molecule has 212 valence electrons. The van der Waals surface area contributed by atoms with E-state index >= 15 is 0 Å². The van der Waals surface area contributed by atoms with Gasteiger partial charge < -0.3 is 10.0 Å². The van der Waals surface area contributed by atoms with E-state index in [-0.39, 0.29) is 0 Å². The molecule has 2 N–H and O–H groups in total. The molecule has 0 aliphatic carbocycles. The first-order valence-corrected chi connectivity index (χ1v) is 14.8. The maximum atomic E-state index is 8.58. The van der Waals surface area contributed by atoms with Crippen LogP contribution in [0.5, 0.6) is 0 Å². The van der Waals surface area contributed by atoms with E-state index in [0.29, 0.717) is 5.46 Å². The van der Waals surface area contributed by atoms with Crippen LogP contribution in [0.1, 0.15) is 5.56 Å². The van der Waals surface area contributed by atoms with Gasteiger partial charge >= 0.3 is 7.12 Å². The second kappa shape index (κ2) is 13.4. The average molecular weight is 569 g/mol. The highest BCUT2D eigenvalue weighted by molar-refractivity contribution is 6.58. The number of hydrogen-bond donors (Lipinski definition) is 2. The van der Waals surface area contributed by atoms with Gasteiger partial charge in [-0.15, -0.1) is 0 Å². The molecule has 8 rings (SSSR count). The van der Waals surface area contributed by atoms with Crippen LogP contribution >= 0.6 is 0 Å². The highest BCUT2D eigenvalue weighted by Crippen LogP contribution is 2.36. The van der Waals surface area contributed by atoms with Gasteiger partial charge in [-0.3, -0.25) is 0 Å². The van der Waals surface area contributed by atoms with Crippen LogP contribution in [-0.2, 0) is 0 Å². The van der Waals surface area contributed by atoms with Gasteiger partial charge in [0.1, 0.15) is 0 Å². The van der Waals surface area contributed by atoms with Crippen LogP contribution in [0.3, 0.4) is 0 Å². The van der Waals surface area contributed by atoms with E-state index in [2.05, 4.69) is 146 Å². The molecule has 0 saturated carbocycles. The fourth-order valence-corrected chi connectivity index (χ4v) is 5.80. The molecule has 0 aliphatic heterocycles. The normalized spacial score (nSPS) is 10.6. The molecule has 44 heavy (non-hydrogen) atoms. The van der Waals surface area contributed by atoms with Crippen LogP contribution in [0.2, 0.25) is 0 Å². The van der Waals surface area contributed by atoms with Gasteiger partial charge in [0.05, 0.1) is 0 Å². The maximum Gasteiger partial charge on any atom is 0.488 e. The minimum Gasteiger partial charge on any atom is -0.423 e. The third-order valence-electron chi connectivity index (χ3n) is 7.97. The predicted octanol–water partition coefficient (Wildman–Crippen LogP) is 9.33. The van der Waals surface area contributed by atoms with E-state index in [1.807, 2.05) is 6.07 Å². The first-order valence-electron chi connectivity index (χ1n) is 14.8. The zero-order valence-electron chi connectivity index (χ0n) is 24.6. The van der Waals surface area contributed by atoms with Gasteiger partial charge in [-0.05, 0) is 84.3 Å². The van der Waals surface area contributed by atoms with Crippen molar-refractivity contribution in [3.63, 3.8) is 0 Å². The van der Waals surface area contributed by atoms with Crippen LogP contribution in [0, 0.1) is 6.92 Å². The summed E-state index contributed by atoms with van der Waals surface area (Å²) in [6.45, 7) is 2.20. The monoisotopic (exact) mass is 568 g/mol. The summed E-state index contributed by atoms with van der Waals surface area (Å²) in [6.07, 6.45) is 0. The minimum absolute atomic E-state index is 0.525. The van der Waals surface area contributed by atoms with Crippen molar-refractivity contribution in [3.05, 3.63) is 175 Å². The molecule has 0 aromatic heterocycles. The molecule has 0 unspecified atom stereocenters. The average Bonchev–Trinajstić information content (AvgIpc) is 3.09. The van der Waals surface area contributed by atoms with Crippen LogP contribution in [0.15, 0.2) is 170 Å². The van der Waals surface area contributed by atoms with E-state index in [9.17, 15) is 0 Å². The quantitative estimate of drug-likeness (QED) is 0.161. The Bertz CT molecular complexity index is 2050. The van der Waals surface area contributed by atoms with Gasteiger partial charge in [0.15, 0.2) is 0 Å². The van der Waals surface area contributed by atoms with Gasteiger partial charge in [-0.2, -0.15) is 0 Å². The van der Waals surface area contributed by atoms with Crippen molar-refractivity contribution in [1.29, 1.82) is 0 Å². The van der Waals surface area contributed by atoms with Crippen molar-refractivity contribution >= 4 is 55.7 Å². The molecule has 0 heterocycles. The fraction of sp³-hybridized carbons (Fsp3) is 0.0244. The maximum absolute atomic E-state index is 8.58. The smallest absolute Gasteiger partial charge is 0.423 e. The molecule has 0 radical (unpaired) electrons. The van der Waals surface area contributed by atoms with Crippen molar-refractivity contribution in [2.45, 2.75) is 6.92 Å². The van der Waals surface area contributed by atoms with E-state index in [1.165, 1.54) is 59.8 Å². The van der Waals surface area contributed by atoms with Gasteiger partial charge in [0, 0.05) is 0 Å². The lowest BCUT2D eigenvalue weighted by Gasteiger charge is -2.11. The Hall–Kier alpha value is -5.22. The number of benzene rings is 8. The highest BCUT2D eigenvalue weighted by Gasteiger charge is 2.09. The molecular weight excluding hydrogens is 535 g/mol. The Balaban J connectivity index is 0.000000126. The summed E-state index contributed by atoms with van der Waals surface area (Å²) in [5.41, 5.74) is 4.51. The van der Waals surface area contributed by atoms with E-state index in [1.54, 1.807) is 24.3 Å². The van der Waals surface area contributed by atoms with Crippen molar-refractivity contribution in [2.75, 3.05) is 0 Å². The zero-order chi connectivity index (χ0) is 30.3. The molecule has 0 aliphatic rings. The van der Waals surface area contributed by atoms with Gasteiger partial charge in [-0.25, -0.2) is 0 Å². The lowest BCUT2D eigenvalue weighted by atomic mass is 9.81. The van der Waals surface area contributed by atoms with Gasteiger partial charge in [0.25, 0.3) is 0 Å². The summed E-state index contributed by atoms with van der Waals surface area (Å²) >= 11 is 0. The molecule has 0 atom stereocenters. The molecular formula is C41H33BO2. The molecule has 3 heteroatoms. The molecule has 2 nitrogen and oxygen atoms in total. The third-order valence-corrected chi connectivity index (χ3v) is 7.97. The van der Waals surface area contributed by atoms with Crippen molar-refractivity contribution in [1.82, 2.24) is 0 Å². The molecule has 0 fully saturated rings. The summed E-state index contributed by atoms with van der Waals surface area (Å²) in [7, 11) is -1.34. The number of hydrogen-bond acceptors (Lipinski definition) is 2. The Morgan fingerprint density at radius 2 is 0.727 bits per heavy atom. The van der Waals surface area contributed by atoms with Crippen LogP contribution in [-0.4, -0.2) is 17.2 Å². The van der Waals surface area contributed by atoms with Crippen molar-refractivity contribution < 1.29 is 10.0 Å². The number of aryl methyl sites for hydroxylation is 1. The minimum atomic E-state index is -1.34. The summed E-state index contributed by atoms with van der Waals surface area (Å²) in [6, 6.07) is 58.2. The van der Waals surface area contributed by atoms with Crippen molar-refractivity contribution in [3.8, 4) is 11.1 Å². The van der Waals surface area contributed by atoms with Gasteiger partial charge in [-0.1, -0.05) is 158 Å². The number of fused-ring (bicyclic) bond motifs is 4. The summed E-state index contributed by atoms with van der Waals surface area (Å²) in [5, 5.41) is 27.8. The second-order valence-electron chi connectivity index (χ2n) is 10.8. The SMILES string of the molecule is Cc1c2ccccc2cc2ccccc12.OB(O)c1ccccc1.c1ccc(-c2c3ccccc3cc3ccccc23)cc1. The van der Waals surface area contributed by atoms with Crippen LogP contribution < -0.4 is 5.46 Å². The lowest BCUT2D eigenvalue weighted by molar-refractivity contribution is 0.426. The van der Waals surface area contributed by atoms with Gasteiger partial charge in [0.2, 0.25) is 0 Å². The summed E-state index contributed by atoms with van der Waals surface area (Å²) < 4.78 is 0. The molecule has 0 amide bonds.